The molecule has 3 N–H and O–H groups in total. The Hall–Kier alpha value is -3.61. The summed E-state index contributed by atoms with van der Waals surface area (Å²) in [6.45, 7) is 3.23. The minimum Gasteiger partial charge on any atom is -0.452 e. The van der Waals surface area contributed by atoms with Crippen molar-refractivity contribution < 1.29 is 19.1 Å². The lowest BCUT2D eigenvalue weighted by molar-refractivity contribution is -0.126. The molecule has 0 saturated heterocycles. The maximum atomic E-state index is 12.4. The molecule has 166 valence electrons. The van der Waals surface area contributed by atoms with E-state index >= 15 is 0 Å². The van der Waals surface area contributed by atoms with Gasteiger partial charge in [0.15, 0.2) is 6.61 Å². The summed E-state index contributed by atoms with van der Waals surface area (Å²) in [5.41, 5.74) is 6.69. The number of hydrogen-bond donors (Lipinski definition) is 3. The zero-order valence-electron chi connectivity index (χ0n) is 18.3. The van der Waals surface area contributed by atoms with Crippen LogP contribution in [0.3, 0.4) is 0 Å². The number of H-pyrrole nitrogens is 1. The normalized spacial score (nSPS) is 12.8. The number of nitrogens with one attached hydrogen (secondary N) is 3. The first-order valence-electron chi connectivity index (χ1n) is 10.9. The van der Waals surface area contributed by atoms with Gasteiger partial charge in [-0.2, -0.15) is 0 Å². The quantitative estimate of drug-likeness (QED) is 0.517. The maximum Gasteiger partial charge on any atom is 0.338 e. The highest BCUT2D eigenvalue weighted by Gasteiger charge is 2.18. The first-order chi connectivity index (χ1) is 15.4. The number of carbonyl (C=O) groups excluding carboxylic acids is 3. The van der Waals surface area contributed by atoms with Gasteiger partial charge in [0, 0.05) is 22.3 Å². The van der Waals surface area contributed by atoms with E-state index in [1.165, 1.54) is 17.7 Å². The van der Waals surface area contributed by atoms with E-state index in [0.29, 0.717) is 11.3 Å². The topological polar surface area (TPSA) is 100 Å². The molecule has 7 heteroatoms. The molecule has 0 radical (unpaired) electrons. The van der Waals surface area contributed by atoms with Crippen molar-refractivity contribution in [2.75, 3.05) is 18.5 Å². The minimum absolute atomic E-state index is 0.203. The standard InChI is InChI=1S/C25H27N3O4/c1-15-6-5-9-20(16(15)2)28-23(29)13-26-24(30)14-32-25(31)17-10-11-22-19(12-17)18-7-3-4-8-21(18)27-22/h5-6,9-12,27H,3-4,7-8,13-14H2,1-2H3,(H,26,30)(H,28,29). The van der Waals surface area contributed by atoms with Crippen LogP contribution >= 0.6 is 0 Å². The Labute approximate surface area is 186 Å². The summed E-state index contributed by atoms with van der Waals surface area (Å²) >= 11 is 0. The van der Waals surface area contributed by atoms with Crippen LogP contribution in [0.4, 0.5) is 5.69 Å². The summed E-state index contributed by atoms with van der Waals surface area (Å²) in [6.07, 6.45) is 4.35. The Bertz CT molecular complexity index is 1200. The van der Waals surface area contributed by atoms with Gasteiger partial charge in [-0.3, -0.25) is 9.59 Å². The summed E-state index contributed by atoms with van der Waals surface area (Å²) in [6, 6.07) is 11.0. The molecule has 32 heavy (non-hydrogen) atoms. The second kappa shape index (κ2) is 9.26. The average molecular weight is 434 g/mol. The molecule has 1 heterocycles. The van der Waals surface area contributed by atoms with E-state index in [9.17, 15) is 14.4 Å². The van der Waals surface area contributed by atoms with Crippen LogP contribution in [0.25, 0.3) is 10.9 Å². The molecule has 0 spiro atoms. The average Bonchev–Trinajstić information content (AvgIpc) is 3.17. The van der Waals surface area contributed by atoms with E-state index in [2.05, 4.69) is 15.6 Å². The number of fused-ring (bicyclic) bond motifs is 3. The smallest absolute Gasteiger partial charge is 0.338 e. The van der Waals surface area contributed by atoms with Gasteiger partial charge in [-0.15, -0.1) is 0 Å². The highest BCUT2D eigenvalue weighted by Crippen LogP contribution is 2.29. The number of aromatic nitrogens is 1. The van der Waals surface area contributed by atoms with Gasteiger partial charge in [-0.25, -0.2) is 4.79 Å². The molecule has 1 aliphatic rings. The summed E-state index contributed by atoms with van der Waals surface area (Å²) in [4.78, 5) is 40.0. The van der Waals surface area contributed by atoms with Crippen LogP contribution < -0.4 is 10.6 Å². The Morgan fingerprint density at radius 3 is 2.69 bits per heavy atom. The van der Waals surface area contributed by atoms with E-state index in [0.717, 1.165) is 41.3 Å². The van der Waals surface area contributed by atoms with Gasteiger partial charge in [0.05, 0.1) is 12.1 Å². The zero-order chi connectivity index (χ0) is 22.7. The Kier molecular flexibility index (Phi) is 6.25. The number of hydrogen-bond acceptors (Lipinski definition) is 4. The van der Waals surface area contributed by atoms with Gasteiger partial charge >= 0.3 is 5.97 Å². The Morgan fingerprint density at radius 1 is 1.03 bits per heavy atom. The lowest BCUT2D eigenvalue weighted by atomic mass is 9.95. The highest BCUT2D eigenvalue weighted by molar-refractivity contribution is 5.98. The molecule has 4 rings (SSSR count). The van der Waals surface area contributed by atoms with Crippen LogP contribution in [0.1, 0.15) is 45.6 Å². The molecule has 0 bridgehead atoms. The van der Waals surface area contributed by atoms with Crippen molar-refractivity contribution in [1.29, 1.82) is 0 Å². The number of carbonyl (C=O) groups is 3. The summed E-state index contributed by atoms with van der Waals surface area (Å²) < 4.78 is 5.15. The molecule has 0 fully saturated rings. The van der Waals surface area contributed by atoms with E-state index < -0.39 is 18.5 Å². The molecular weight excluding hydrogens is 406 g/mol. The number of ether oxygens (including phenoxy) is 1. The van der Waals surface area contributed by atoms with Crippen LogP contribution in [-0.4, -0.2) is 35.9 Å². The molecule has 7 nitrogen and oxygen atoms in total. The van der Waals surface area contributed by atoms with Crippen LogP contribution in [0.15, 0.2) is 36.4 Å². The number of amides is 2. The number of aromatic amines is 1. The van der Waals surface area contributed by atoms with E-state index in [-0.39, 0.29) is 12.5 Å². The van der Waals surface area contributed by atoms with Gasteiger partial charge in [-0.05, 0) is 80.5 Å². The fraction of sp³-hybridized carbons (Fsp3) is 0.320. The van der Waals surface area contributed by atoms with Gasteiger partial charge in [0.1, 0.15) is 0 Å². The van der Waals surface area contributed by atoms with Crippen molar-refractivity contribution >= 4 is 34.4 Å². The minimum atomic E-state index is -0.562. The number of aryl methyl sites for hydroxylation is 3. The molecule has 0 unspecified atom stereocenters. The van der Waals surface area contributed by atoms with Gasteiger partial charge in [0.25, 0.3) is 5.91 Å². The number of anilines is 1. The molecule has 0 saturated carbocycles. The van der Waals surface area contributed by atoms with Crippen molar-refractivity contribution in [3.8, 4) is 0 Å². The third-order valence-corrected chi connectivity index (χ3v) is 5.99. The number of benzene rings is 2. The Balaban J connectivity index is 1.29. The summed E-state index contributed by atoms with van der Waals surface area (Å²) in [5.74, 6) is -1.44. The zero-order valence-corrected chi connectivity index (χ0v) is 18.3. The van der Waals surface area contributed by atoms with Crippen LogP contribution in [-0.2, 0) is 27.2 Å². The molecular formula is C25H27N3O4. The second-order valence-electron chi connectivity index (χ2n) is 8.20. The predicted octanol–water partition coefficient (Wildman–Crippen LogP) is 3.58. The largest absolute Gasteiger partial charge is 0.452 e. The van der Waals surface area contributed by atoms with Crippen LogP contribution in [0.2, 0.25) is 0 Å². The second-order valence-corrected chi connectivity index (χ2v) is 8.20. The molecule has 2 amide bonds. The van der Waals surface area contributed by atoms with Crippen molar-refractivity contribution in [3.05, 3.63) is 64.3 Å². The fourth-order valence-corrected chi connectivity index (χ4v) is 4.06. The summed E-state index contributed by atoms with van der Waals surface area (Å²) in [7, 11) is 0. The van der Waals surface area contributed by atoms with Crippen molar-refractivity contribution in [1.82, 2.24) is 10.3 Å². The molecule has 2 aromatic carbocycles. The highest BCUT2D eigenvalue weighted by atomic mass is 16.5. The van der Waals surface area contributed by atoms with E-state index in [1.54, 1.807) is 6.07 Å². The number of rotatable bonds is 6. The van der Waals surface area contributed by atoms with Crippen LogP contribution in [0, 0.1) is 13.8 Å². The Morgan fingerprint density at radius 2 is 1.84 bits per heavy atom. The van der Waals surface area contributed by atoms with Crippen LogP contribution in [0.5, 0.6) is 0 Å². The van der Waals surface area contributed by atoms with E-state index in [4.69, 9.17) is 4.74 Å². The van der Waals surface area contributed by atoms with Crippen molar-refractivity contribution in [2.24, 2.45) is 0 Å². The first kappa shape index (κ1) is 21.6. The third kappa shape index (κ3) is 4.66. The fourth-order valence-electron chi connectivity index (χ4n) is 4.06. The molecule has 3 aromatic rings. The van der Waals surface area contributed by atoms with Gasteiger partial charge in [-0.1, -0.05) is 12.1 Å². The monoisotopic (exact) mass is 433 g/mol. The molecule has 1 aromatic heterocycles. The predicted molar refractivity (Wildman–Crippen MR) is 123 cm³/mol. The van der Waals surface area contributed by atoms with Crippen molar-refractivity contribution in [2.45, 2.75) is 39.5 Å². The lowest BCUT2D eigenvalue weighted by Crippen LogP contribution is -2.35. The van der Waals surface area contributed by atoms with Gasteiger partial charge in [0.2, 0.25) is 5.91 Å². The summed E-state index contributed by atoms with van der Waals surface area (Å²) in [5, 5.41) is 6.29. The lowest BCUT2D eigenvalue weighted by Gasteiger charge is -2.11. The number of esters is 1. The van der Waals surface area contributed by atoms with Gasteiger partial charge < -0.3 is 20.4 Å². The van der Waals surface area contributed by atoms with Crippen molar-refractivity contribution in [3.63, 3.8) is 0 Å². The maximum absolute atomic E-state index is 12.4. The molecule has 0 aliphatic heterocycles. The molecule has 0 atom stereocenters. The van der Waals surface area contributed by atoms with E-state index in [1.807, 2.05) is 44.2 Å². The molecule has 1 aliphatic carbocycles. The third-order valence-electron chi connectivity index (χ3n) is 5.99. The SMILES string of the molecule is Cc1cccc(NC(=O)CNC(=O)COC(=O)c2ccc3[nH]c4c(c3c2)CCCC4)c1C. The first-order valence-corrected chi connectivity index (χ1v) is 10.9.